The second kappa shape index (κ2) is 6.16. The molecule has 0 aromatic heterocycles. The topological polar surface area (TPSA) is 29.5 Å². The van der Waals surface area contributed by atoms with E-state index in [9.17, 15) is 9.50 Å². The Balaban J connectivity index is 2.64. The van der Waals surface area contributed by atoms with Gasteiger partial charge < -0.3 is 9.84 Å². The van der Waals surface area contributed by atoms with Crippen LogP contribution in [0.5, 0.6) is 5.75 Å². The van der Waals surface area contributed by atoms with Crippen LogP contribution in [0, 0.1) is 26.6 Å². The van der Waals surface area contributed by atoms with Crippen molar-refractivity contribution in [1.82, 2.24) is 0 Å². The molecule has 0 saturated heterocycles. The van der Waals surface area contributed by atoms with Crippen LogP contribution in [0.3, 0.4) is 0 Å². The molecule has 0 bridgehead atoms. The molecule has 2 aromatic rings. The number of aryl methyl sites for hydroxylation is 2. The average molecular weight is 353 g/mol. The van der Waals surface area contributed by atoms with Crippen molar-refractivity contribution in [1.29, 1.82) is 0 Å². The largest absolute Gasteiger partial charge is 0.496 e. The maximum Gasteiger partial charge on any atom is 0.128 e. The van der Waals surface area contributed by atoms with Gasteiger partial charge in [0.1, 0.15) is 17.7 Å². The molecule has 0 amide bonds. The third-order valence-electron chi connectivity index (χ3n) is 3.57. The maximum absolute atomic E-state index is 13.6. The van der Waals surface area contributed by atoms with Crippen molar-refractivity contribution in [2.24, 2.45) is 0 Å². The second-order valence-corrected chi connectivity index (χ2v) is 6.07. The lowest BCUT2D eigenvalue weighted by atomic mass is 9.93. The number of hydrogen-bond donors (Lipinski definition) is 1. The summed E-state index contributed by atoms with van der Waals surface area (Å²) < 4.78 is 19.9. The van der Waals surface area contributed by atoms with E-state index in [2.05, 4.69) is 15.9 Å². The summed E-state index contributed by atoms with van der Waals surface area (Å²) in [6.45, 7) is 5.61. The van der Waals surface area contributed by atoms with Crippen LogP contribution in [0.15, 0.2) is 28.7 Å². The lowest BCUT2D eigenvalue weighted by Crippen LogP contribution is -2.07. The first-order chi connectivity index (χ1) is 9.85. The van der Waals surface area contributed by atoms with Crippen LogP contribution in [0.25, 0.3) is 0 Å². The smallest absolute Gasteiger partial charge is 0.128 e. The number of halogens is 2. The van der Waals surface area contributed by atoms with E-state index < -0.39 is 6.10 Å². The van der Waals surface area contributed by atoms with Crippen molar-refractivity contribution >= 4 is 15.9 Å². The Morgan fingerprint density at radius 1 is 1.14 bits per heavy atom. The monoisotopic (exact) mass is 352 g/mol. The predicted octanol–water partition coefficient (Wildman–Crippen LogP) is 4.60. The van der Waals surface area contributed by atoms with E-state index in [0.29, 0.717) is 16.9 Å². The first-order valence-corrected chi connectivity index (χ1v) is 7.43. The van der Waals surface area contributed by atoms with Crippen molar-refractivity contribution in [2.75, 3.05) is 7.11 Å². The highest BCUT2D eigenvalue weighted by atomic mass is 79.9. The van der Waals surface area contributed by atoms with Crippen molar-refractivity contribution in [3.63, 3.8) is 0 Å². The van der Waals surface area contributed by atoms with Gasteiger partial charge >= 0.3 is 0 Å². The predicted molar refractivity (Wildman–Crippen MR) is 85.4 cm³/mol. The van der Waals surface area contributed by atoms with Crippen LogP contribution in [0.2, 0.25) is 0 Å². The van der Waals surface area contributed by atoms with Gasteiger partial charge in [0, 0.05) is 10.0 Å². The van der Waals surface area contributed by atoms with E-state index in [0.717, 1.165) is 21.2 Å². The van der Waals surface area contributed by atoms with Gasteiger partial charge in [0.15, 0.2) is 0 Å². The minimum absolute atomic E-state index is 0.354. The molecule has 1 atom stereocenters. The molecule has 0 aliphatic carbocycles. The Bertz CT molecular complexity index is 663. The van der Waals surface area contributed by atoms with Crippen LogP contribution in [0.4, 0.5) is 4.39 Å². The first kappa shape index (κ1) is 16.0. The summed E-state index contributed by atoms with van der Waals surface area (Å²) >= 11 is 3.49. The van der Waals surface area contributed by atoms with Gasteiger partial charge in [-0.3, -0.25) is 0 Å². The lowest BCUT2D eigenvalue weighted by molar-refractivity contribution is 0.213. The third kappa shape index (κ3) is 3.11. The summed E-state index contributed by atoms with van der Waals surface area (Å²) in [5, 5.41) is 10.7. The molecule has 4 heteroatoms. The molecule has 0 spiro atoms. The first-order valence-electron chi connectivity index (χ1n) is 6.64. The number of benzene rings is 2. The fourth-order valence-corrected chi connectivity index (χ4v) is 3.12. The summed E-state index contributed by atoms with van der Waals surface area (Å²) in [6, 6.07) is 6.52. The van der Waals surface area contributed by atoms with Crippen molar-refractivity contribution in [3.8, 4) is 5.75 Å². The van der Waals surface area contributed by atoms with Crippen LogP contribution in [-0.4, -0.2) is 12.2 Å². The van der Waals surface area contributed by atoms with Crippen LogP contribution >= 0.6 is 15.9 Å². The molecule has 0 aliphatic heterocycles. The minimum atomic E-state index is -0.939. The van der Waals surface area contributed by atoms with E-state index in [1.165, 1.54) is 12.1 Å². The zero-order valence-electron chi connectivity index (χ0n) is 12.5. The summed E-state index contributed by atoms with van der Waals surface area (Å²) in [4.78, 5) is 0. The van der Waals surface area contributed by atoms with Gasteiger partial charge in [0.05, 0.1) is 7.11 Å². The van der Waals surface area contributed by atoms with E-state index in [4.69, 9.17) is 4.74 Å². The zero-order valence-corrected chi connectivity index (χ0v) is 14.1. The van der Waals surface area contributed by atoms with Gasteiger partial charge in [-0.15, -0.1) is 0 Å². The maximum atomic E-state index is 13.6. The van der Waals surface area contributed by atoms with E-state index >= 15 is 0 Å². The quantitative estimate of drug-likeness (QED) is 0.874. The van der Waals surface area contributed by atoms with Gasteiger partial charge in [0.25, 0.3) is 0 Å². The number of aliphatic hydroxyl groups excluding tert-OH is 1. The molecule has 2 rings (SSSR count). The molecule has 0 radical (unpaired) electrons. The summed E-state index contributed by atoms with van der Waals surface area (Å²) in [5.41, 5.74) is 3.75. The van der Waals surface area contributed by atoms with Crippen molar-refractivity contribution in [2.45, 2.75) is 26.9 Å². The molecular formula is C17H18BrFO2. The Morgan fingerprint density at radius 3 is 2.38 bits per heavy atom. The molecule has 21 heavy (non-hydrogen) atoms. The summed E-state index contributed by atoms with van der Waals surface area (Å²) in [7, 11) is 1.57. The fraction of sp³-hybridized carbons (Fsp3) is 0.294. The lowest BCUT2D eigenvalue weighted by Gasteiger charge is -2.21. The number of ether oxygens (including phenoxy) is 1. The Hall–Kier alpha value is -1.39. The minimum Gasteiger partial charge on any atom is -0.496 e. The Morgan fingerprint density at radius 2 is 1.81 bits per heavy atom. The van der Waals surface area contributed by atoms with Crippen LogP contribution in [-0.2, 0) is 0 Å². The highest BCUT2D eigenvalue weighted by Gasteiger charge is 2.22. The van der Waals surface area contributed by atoms with E-state index in [-0.39, 0.29) is 5.82 Å². The number of aliphatic hydroxyl groups is 1. The van der Waals surface area contributed by atoms with Gasteiger partial charge in [0.2, 0.25) is 0 Å². The molecule has 2 nitrogen and oxygen atoms in total. The number of rotatable bonds is 3. The Labute approximate surface area is 132 Å². The van der Waals surface area contributed by atoms with Gasteiger partial charge in [-0.05, 0) is 61.2 Å². The van der Waals surface area contributed by atoms with Crippen molar-refractivity contribution < 1.29 is 14.2 Å². The Kier molecular flexibility index (Phi) is 4.69. The van der Waals surface area contributed by atoms with Gasteiger partial charge in [-0.2, -0.15) is 0 Å². The third-order valence-corrected chi connectivity index (χ3v) is 4.39. The SMILES string of the molecule is COc1c(C)cc(Br)c(C)c1C(O)c1cc(C)cc(F)c1. The zero-order chi connectivity index (χ0) is 15.7. The van der Waals surface area contributed by atoms with Crippen LogP contribution in [0.1, 0.15) is 33.9 Å². The molecule has 0 aliphatic rings. The van der Waals surface area contributed by atoms with Gasteiger partial charge in [-0.1, -0.05) is 22.0 Å². The average Bonchev–Trinajstić information content (AvgIpc) is 2.40. The summed E-state index contributed by atoms with van der Waals surface area (Å²) in [5.74, 6) is 0.275. The molecule has 112 valence electrons. The second-order valence-electron chi connectivity index (χ2n) is 5.21. The standard InChI is InChI=1S/C17H18BrFO2/c1-9-5-12(8-13(19)6-9)16(20)15-11(3)14(18)7-10(2)17(15)21-4/h5-8,16,20H,1-4H3. The van der Waals surface area contributed by atoms with Crippen LogP contribution < -0.4 is 4.74 Å². The normalized spacial score (nSPS) is 12.3. The summed E-state index contributed by atoms with van der Waals surface area (Å²) in [6.07, 6.45) is -0.939. The van der Waals surface area contributed by atoms with Crippen molar-refractivity contribution in [3.05, 3.63) is 62.4 Å². The molecule has 2 aromatic carbocycles. The van der Waals surface area contributed by atoms with E-state index in [1.807, 2.05) is 19.9 Å². The molecule has 0 heterocycles. The fourth-order valence-electron chi connectivity index (χ4n) is 2.56. The van der Waals surface area contributed by atoms with E-state index in [1.54, 1.807) is 20.1 Å². The molecule has 1 N–H and O–H groups in total. The highest BCUT2D eigenvalue weighted by molar-refractivity contribution is 9.10. The number of methoxy groups -OCH3 is 1. The molecule has 0 fully saturated rings. The molecule has 0 saturated carbocycles. The van der Waals surface area contributed by atoms with Gasteiger partial charge in [-0.25, -0.2) is 4.39 Å². The highest BCUT2D eigenvalue weighted by Crippen LogP contribution is 2.39. The molecule has 1 unspecified atom stereocenters. The number of hydrogen-bond acceptors (Lipinski definition) is 2. The molecular weight excluding hydrogens is 335 g/mol.